The lowest BCUT2D eigenvalue weighted by Gasteiger charge is -2.37. The van der Waals surface area contributed by atoms with Crippen LogP contribution in [0.25, 0.3) is 0 Å². The van der Waals surface area contributed by atoms with E-state index < -0.39 is 0 Å². The molecule has 2 aliphatic rings. The third-order valence-corrected chi connectivity index (χ3v) is 4.51. The minimum Gasteiger partial charge on any atom is -0.381 e. The van der Waals surface area contributed by atoms with Gasteiger partial charge in [-0.05, 0) is 31.1 Å². The number of nitrogens with zero attached hydrogens (tertiary/aromatic N) is 2. The number of nitrogens with one attached hydrogen (secondary N) is 1. The van der Waals surface area contributed by atoms with Crippen molar-refractivity contribution in [3.05, 3.63) is 0 Å². The van der Waals surface area contributed by atoms with E-state index in [9.17, 15) is 0 Å². The molecule has 3 atom stereocenters. The lowest BCUT2D eigenvalue weighted by molar-refractivity contribution is 0.0886. The first-order valence-corrected chi connectivity index (χ1v) is 8.80. The maximum absolute atomic E-state index is 5.74. The van der Waals surface area contributed by atoms with Gasteiger partial charge in [0.15, 0.2) is 5.96 Å². The molecule has 0 radical (unpaired) electrons. The molecule has 1 N–H and O–H groups in total. The minimum absolute atomic E-state index is 0. The van der Waals surface area contributed by atoms with Crippen LogP contribution < -0.4 is 5.32 Å². The van der Waals surface area contributed by atoms with E-state index in [1.807, 2.05) is 7.05 Å². The predicted molar refractivity (Wildman–Crippen MR) is 106 cm³/mol. The Labute approximate surface area is 158 Å². The Morgan fingerprint density at radius 3 is 2.65 bits per heavy atom. The lowest BCUT2D eigenvalue weighted by Crippen LogP contribution is -2.48. The summed E-state index contributed by atoms with van der Waals surface area (Å²) >= 11 is 0. The fraction of sp³-hybridized carbons (Fsp3) is 0.941. The molecule has 0 aromatic rings. The summed E-state index contributed by atoms with van der Waals surface area (Å²) in [6.07, 6.45) is 3.49. The highest BCUT2D eigenvalue weighted by Gasteiger charge is 2.23. The maximum Gasteiger partial charge on any atom is 0.193 e. The first-order chi connectivity index (χ1) is 10.7. The van der Waals surface area contributed by atoms with Crippen LogP contribution in [0.2, 0.25) is 0 Å². The third-order valence-electron chi connectivity index (χ3n) is 4.51. The number of halogens is 1. The number of hydrogen-bond donors (Lipinski definition) is 1. The third kappa shape index (κ3) is 7.56. The van der Waals surface area contributed by atoms with Crippen molar-refractivity contribution in [2.75, 3.05) is 53.1 Å². The van der Waals surface area contributed by atoms with Crippen molar-refractivity contribution >= 4 is 29.9 Å². The quantitative estimate of drug-likeness (QED) is 0.299. The highest BCUT2D eigenvalue weighted by Crippen LogP contribution is 2.20. The van der Waals surface area contributed by atoms with Gasteiger partial charge in [-0.1, -0.05) is 13.8 Å². The average molecular weight is 439 g/mol. The van der Waals surface area contributed by atoms with Gasteiger partial charge in [0.2, 0.25) is 0 Å². The van der Waals surface area contributed by atoms with Crippen molar-refractivity contribution in [2.45, 2.75) is 33.1 Å². The van der Waals surface area contributed by atoms with Crippen LogP contribution in [0.3, 0.4) is 0 Å². The van der Waals surface area contributed by atoms with E-state index in [0.29, 0.717) is 5.92 Å². The van der Waals surface area contributed by atoms with Crippen LogP contribution >= 0.6 is 24.0 Å². The molecule has 2 aliphatic heterocycles. The van der Waals surface area contributed by atoms with E-state index in [4.69, 9.17) is 9.47 Å². The number of hydrogen-bond acceptors (Lipinski definition) is 3. The molecule has 0 aliphatic carbocycles. The van der Waals surface area contributed by atoms with Gasteiger partial charge in [0.05, 0.1) is 13.2 Å². The van der Waals surface area contributed by atoms with Gasteiger partial charge in [-0.3, -0.25) is 4.99 Å². The minimum atomic E-state index is 0. The Hall–Kier alpha value is -0.0800. The van der Waals surface area contributed by atoms with Crippen LogP contribution in [-0.4, -0.2) is 64.0 Å². The normalized spacial score (nSPS) is 28.6. The molecule has 0 aromatic carbocycles. The average Bonchev–Trinajstić information content (AvgIpc) is 2.98. The Kier molecular flexibility index (Phi) is 10.5. The number of likely N-dealkylation sites (tertiary alicyclic amines) is 1. The molecule has 2 heterocycles. The summed E-state index contributed by atoms with van der Waals surface area (Å²) in [4.78, 5) is 6.83. The van der Waals surface area contributed by atoms with E-state index in [1.54, 1.807) is 0 Å². The number of rotatable bonds is 6. The molecule has 0 aromatic heterocycles. The summed E-state index contributed by atoms with van der Waals surface area (Å²) in [5, 5.41) is 3.48. The van der Waals surface area contributed by atoms with Crippen molar-refractivity contribution in [1.29, 1.82) is 0 Å². The lowest BCUT2D eigenvalue weighted by atomic mass is 9.92. The molecule has 6 heteroatoms. The monoisotopic (exact) mass is 439 g/mol. The van der Waals surface area contributed by atoms with Crippen LogP contribution in [0.15, 0.2) is 4.99 Å². The first-order valence-electron chi connectivity index (χ1n) is 8.80. The standard InChI is InChI=1S/C17H33N3O2.HI/c1-14-9-15(2)11-20(10-14)17(18-3)19-6-4-7-21-12-16-5-8-22-13-16;/h14-16H,4-13H2,1-3H3,(H,18,19);1H. The number of aliphatic imine (C=N–C) groups is 1. The zero-order valence-electron chi connectivity index (χ0n) is 14.9. The molecule has 5 nitrogen and oxygen atoms in total. The molecule has 0 saturated carbocycles. The van der Waals surface area contributed by atoms with Crippen LogP contribution in [0, 0.1) is 17.8 Å². The Balaban J connectivity index is 0.00000264. The Bertz CT molecular complexity index is 339. The van der Waals surface area contributed by atoms with Gasteiger partial charge in [0.25, 0.3) is 0 Å². The summed E-state index contributed by atoms with van der Waals surface area (Å²) in [5.74, 6) is 3.15. The van der Waals surface area contributed by atoms with Crippen LogP contribution in [0.1, 0.15) is 33.1 Å². The van der Waals surface area contributed by atoms with E-state index in [0.717, 1.165) is 76.7 Å². The number of piperidine rings is 1. The second kappa shape index (κ2) is 11.5. The molecule has 3 unspecified atom stereocenters. The molecule has 2 rings (SSSR count). The summed E-state index contributed by atoms with van der Waals surface area (Å²) in [7, 11) is 1.88. The van der Waals surface area contributed by atoms with Crippen molar-refractivity contribution in [1.82, 2.24) is 10.2 Å². The summed E-state index contributed by atoms with van der Waals surface area (Å²) in [6, 6.07) is 0. The van der Waals surface area contributed by atoms with Gasteiger partial charge < -0.3 is 19.7 Å². The molecule has 0 bridgehead atoms. The topological polar surface area (TPSA) is 46.1 Å². The van der Waals surface area contributed by atoms with Crippen molar-refractivity contribution in [3.8, 4) is 0 Å². The Morgan fingerprint density at radius 2 is 2.04 bits per heavy atom. The van der Waals surface area contributed by atoms with Crippen molar-refractivity contribution in [2.24, 2.45) is 22.7 Å². The molecule has 2 saturated heterocycles. The van der Waals surface area contributed by atoms with Crippen molar-refractivity contribution in [3.63, 3.8) is 0 Å². The molecular weight excluding hydrogens is 405 g/mol. The van der Waals surface area contributed by atoms with E-state index in [2.05, 4.69) is 29.1 Å². The highest BCUT2D eigenvalue weighted by atomic mass is 127. The highest BCUT2D eigenvalue weighted by molar-refractivity contribution is 14.0. The molecule has 0 amide bonds. The summed E-state index contributed by atoms with van der Waals surface area (Å²) in [6.45, 7) is 11.2. The Morgan fingerprint density at radius 1 is 1.30 bits per heavy atom. The smallest absolute Gasteiger partial charge is 0.193 e. The number of ether oxygens (including phenoxy) is 2. The van der Waals surface area contributed by atoms with Gasteiger partial charge in [-0.15, -0.1) is 24.0 Å². The van der Waals surface area contributed by atoms with E-state index in [1.165, 1.54) is 6.42 Å². The predicted octanol–water partition coefficient (Wildman–Crippen LogP) is 2.60. The second-order valence-electron chi connectivity index (χ2n) is 6.98. The number of guanidine groups is 1. The van der Waals surface area contributed by atoms with Crippen molar-refractivity contribution < 1.29 is 9.47 Å². The maximum atomic E-state index is 5.74. The zero-order valence-corrected chi connectivity index (χ0v) is 17.3. The first kappa shape index (κ1) is 21.0. The van der Waals surface area contributed by atoms with Gasteiger partial charge in [-0.2, -0.15) is 0 Å². The van der Waals surface area contributed by atoms with Gasteiger partial charge in [-0.25, -0.2) is 0 Å². The molecule has 136 valence electrons. The van der Waals surface area contributed by atoms with Gasteiger partial charge in [0.1, 0.15) is 0 Å². The SMILES string of the molecule is CN=C(NCCCOCC1CCOC1)N1CC(C)CC(C)C1.I. The van der Waals surface area contributed by atoms with Crippen LogP contribution in [0.5, 0.6) is 0 Å². The molecular formula is C17H34IN3O2. The van der Waals surface area contributed by atoms with E-state index in [-0.39, 0.29) is 24.0 Å². The molecule has 23 heavy (non-hydrogen) atoms. The second-order valence-corrected chi connectivity index (χ2v) is 6.98. The van der Waals surface area contributed by atoms with E-state index >= 15 is 0 Å². The van der Waals surface area contributed by atoms with Crippen LogP contribution in [-0.2, 0) is 9.47 Å². The fourth-order valence-corrected chi connectivity index (χ4v) is 3.51. The fourth-order valence-electron chi connectivity index (χ4n) is 3.51. The zero-order chi connectivity index (χ0) is 15.8. The summed E-state index contributed by atoms with van der Waals surface area (Å²) in [5.41, 5.74) is 0. The van der Waals surface area contributed by atoms with Crippen LogP contribution in [0.4, 0.5) is 0 Å². The van der Waals surface area contributed by atoms with Gasteiger partial charge in [0, 0.05) is 45.8 Å². The summed E-state index contributed by atoms with van der Waals surface area (Å²) < 4.78 is 11.1. The largest absolute Gasteiger partial charge is 0.381 e. The van der Waals surface area contributed by atoms with Gasteiger partial charge >= 0.3 is 0 Å². The molecule has 0 spiro atoms. The molecule has 2 fully saturated rings.